The number of hydrogen-bond donors (Lipinski definition) is 0. The average Bonchev–Trinajstić information content (AvgIpc) is 2.69. The fourth-order valence-corrected chi connectivity index (χ4v) is 4.23. The van der Waals surface area contributed by atoms with Crippen LogP contribution in [0, 0.1) is 0 Å². The summed E-state index contributed by atoms with van der Waals surface area (Å²) >= 11 is 7.19. The lowest BCUT2D eigenvalue weighted by Crippen LogP contribution is -1.95. The molecule has 0 fully saturated rings. The summed E-state index contributed by atoms with van der Waals surface area (Å²) in [5.41, 5.74) is 7.70. The monoisotopic (exact) mass is 476 g/mol. The van der Waals surface area contributed by atoms with E-state index in [1.165, 1.54) is 33.4 Å². The molecule has 0 radical (unpaired) electrons. The molecule has 27 heavy (non-hydrogen) atoms. The number of hydrogen-bond acceptors (Lipinski definition) is 0. The van der Waals surface area contributed by atoms with E-state index in [9.17, 15) is 0 Å². The lowest BCUT2D eigenvalue weighted by Gasteiger charge is -2.14. The van der Waals surface area contributed by atoms with Crippen LogP contribution in [0.15, 0.2) is 106 Å². The highest BCUT2D eigenvalue weighted by molar-refractivity contribution is 9.10. The maximum Gasteiger partial charge on any atom is 0.0181 e. The molecule has 4 aromatic rings. The van der Waals surface area contributed by atoms with Gasteiger partial charge in [0.2, 0.25) is 0 Å². The highest BCUT2D eigenvalue weighted by Gasteiger charge is 2.10. The third-order valence-electron chi connectivity index (χ3n) is 4.69. The third kappa shape index (κ3) is 4.23. The van der Waals surface area contributed by atoms with E-state index < -0.39 is 0 Å². The van der Waals surface area contributed by atoms with Crippen LogP contribution in [0.2, 0.25) is 0 Å². The van der Waals surface area contributed by atoms with Crippen LogP contribution in [0.3, 0.4) is 0 Å². The van der Waals surface area contributed by atoms with Gasteiger partial charge in [0.05, 0.1) is 0 Å². The zero-order valence-corrected chi connectivity index (χ0v) is 17.9. The Morgan fingerprint density at radius 1 is 0.481 bits per heavy atom. The highest BCUT2D eigenvalue weighted by Crippen LogP contribution is 2.31. The van der Waals surface area contributed by atoms with Crippen LogP contribution >= 0.6 is 31.9 Å². The molecule has 0 N–H and O–H groups in total. The van der Waals surface area contributed by atoms with Gasteiger partial charge in [0.1, 0.15) is 0 Å². The number of halogens is 2. The first-order valence-corrected chi connectivity index (χ1v) is 10.5. The van der Waals surface area contributed by atoms with Crippen molar-refractivity contribution in [2.45, 2.75) is 6.42 Å². The minimum Gasteiger partial charge on any atom is -0.0619 e. The van der Waals surface area contributed by atoms with Gasteiger partial charge in [0.25, 0.3) is 0 Å². The van der Waals surface area contributed by atoms with Crippen molar-refractivity contribution >= 4 is 31.9 Å². The smallest absolute Gasteiger partial charge is 0.0181 e. The molecular weight excluding hydrogens is 460 g/mol. The Hall–Kier alpha value is -2.16. The lowest BCUT2D eigenvalue weighted by atomic mass is 9.91. The van der Waals surface area contributed by atoms with Gasteiger partial charge >= 0.3 is 0 Å². The third-order valence-corrected chi connectivity index (χ3v) is 5.67. The van der Waals surface area contributed by atoms with Gasteiger partial charge in [-0.3, -0.25) is 0 Å². The summed E-state index contributed by atoms with van der Waals surface area (Å²) in [6.45, 7) is 0. The van der Waals surface area contributed by atoms with Crippen LogP contribution in [-0.4, -0.2) is 0 Å². The van der Waals surface area contributed by atoms with E-state index in [-0.39, 0.29) is 0 Å². The average molecular weight is 478 g/mol. The minimum atomic E-state index is 0.894. The molecule has 2 heteroatoms. The second kappa shape index (κ2) is 8.24. The molecule has 0 saturated heterocycles. The van der Waals surface area contributed by atoms with Crippen LogP contribution in [-0.2, 0) is 6.42 Å². The molecule has 0 bridgehead atoms. The topological polar surface area (TPSA) is 0 Å². The second-order valence-corrected chi connectivity index (χ2v) is 8.34. The summed E-state index contributed by atoms with van der Waals surface area (Å²) in [6.07, 6.45) is 0.894. The van der Waals surface area contributed by atoms with E-state index in [1.807, 2.05) is 0 Å². The summed E-state index contributed by atoms with van der Waals surface area (Å²) in [5.74, 6) is 0. The van der Waals surface area contributed by atoms with Crippen LogP contribution in [0.4, 0.5) is 0 Å². The largest absolute Gasteiger partial charge is 0.0619 e. The van der Waals surface area contributed by atoms with Crippen molar-refractivity contribution in [3.05, 3.63) is 117 Å². The van der Waals surface area contributed by atoms with Gasteiger partial charge in [-0.2, -0.15) is 0 Å². The number of rotatable bonds is 4. The van der Waals surface area contributed by atoms with Crippen LogP contribution in [0.1, 0.15) is 11.1 Å². The molecule has 0 nitrogen and oxygen atoms in total. The Morgan fingerprint density at radius 3 is 1.37 bits per heavy atom. The van der Waals surface area contributed by atoms with Crippen molar-refractivity contribution in [3.63, 3.8) is 0 Å². The normalized spacial score (nSPS) is 10.7. The van der Waals surface area contributed by atoms with Crippen molar-refractivity contribution < 1.29 is 0 Å². The van der Waals surface area contributed by atoms with Gasteiger partial charge in [0.15, 0.2) is 0 Å². The fourth-order valence-electron chi connectivity index (χ4n) is 3.43. The molecule has 0 aliphatic carbocycles. The summed E-state index contributed by atoms with van der Waals surface area (Å²) in [6, 6.07) is 34.4. The molecule has 0 aromatic heterocycles. The van der Waals surface area contributed by atoms with Crippen molar-refractivity contribution in [2.24, 2.45) is 0 Å². The van der Waals surface area contributed by atoms with Crippen molar-refractivity contribution in [2.75, 3.05) is 0 Å². The van der Waals surface area contributed by atoms with Crippen LogP contribution in [0.25, 0.3) is 22.3 Å². The van der Waals surface area contributed by atoms with Gasteiger partial charge in [-0.1, -0.05) is 105 Å². The predicted molar refractivity (Wildman–Crippen MR) is 122 cm³/mol. The Balaban J connectivity index is 1.77. The minimum absolute atomic E-state index is 0.894. The zero-order valence-electron chi connectivity index (χ0n) is 14.7. The Kier molecular flexibility index (Phi) is 5.56. The molecule has 0 saturated carbocycles. The first kappa shape index (κ1) is 18.2. The SMILES string of the molecule is Brc1cccc(-c2ccccc2Cc2ccccc2-c2cccc(Br)c2)c1. The fraction of sp³-hybridized carbons (Fsp3) is 0.0400. The van der Waals surface area contributed by atoms with Gasteiger partial charge in [-0.25, -0.2) is 0 Å². The first-order chi connectivity index (χ1) is 13.2. The van der Waals surface area contributed by atoms with Crippen molar-refractivity contribution in [1.29, 1.82) is 0 Å². The highest BCUT2D eigenvalue weighted by atomic mass is 79.9. The molecule has 0 spiro atoms. The Labute approximate surface area is 177 Å². The maximum atomic E-state index is 3.60. The summed E-state index contributed by atoms with van der Waals surface area (Å²) in [4.78, 5) is 0. The molecule has 0 atom stereocenters. The second-order valence-electron chi connectivity index (χ2n) is 6.51. The molecule has 0 aliphatic heterocycles. The Morgan fingerprint density at radius 2 is 0.926 bits per heavy atom. The van der Waals surface area contributed by atoms with Crippen molar-refractivity contribution in [1.82, 2.24) is 0 Å². The van der Waals surface area contributed by atoms with Crippen molar-refractivity contribution in [3.8, 4) is 22.3 Å². The quantitative estimate of drug-likeness (QED) is 0.278. The van der Waals surface area contributed by atoms with Crippen LogP contribution in [0.5, 0.6) is 0 Å². The molecule has 4 aromatic carbocycles. The molecule has 4 rings (SSSR count). The standard InChI is InChI=1S/C25H18Br2/c26-22-11-5-9-20(16-22)24-13-3-1-7-18(24)15-19-8-2-4-14-25(19)21-10-6-12-23(27)17-21/h1-14,16-17H,15H2. The van der Waals surface area contributed by atoms with E-state index in [0.717, 1.165) is 15.4 Å². The maximum absolute atomic E-state index is 3.60. The van der Waals surface area contributed by atoms with Crippen LogP contribution < -0.4 is 0 Å². The molecule has 132 valence electrons. The lowest BCUT2D eigenvalue weighted by molar-refractivity contribution is 1.20. The molecule has 0 aliphatic rings. The van der Waals surface area contributed by atoms with E-state index in [1.54, 1.807) is 0 Å². The predicted octanol–water partition coefficient (Wildman–Crippen LogP) is 8.14. The summed E-state index contributed by atoms with van der Waals surface area (Å²) < 4.78 is 2.20. The molecule has 0 amide bonds. The summed E-state index contributed by atoms with van der Waals surface area (Å²) in [5, 5.41) is 0. The van der Waals surface area contributed by atoms with E-state index >= 15 is 0 Å². The van der Waals surface area contributed by atoms with Gasteiger partial charge in [-0.15, -0.1) is 0 Å². The van der Waals surface area contributed by atoms with E-state index in [0.29, 0.717) is 0 Å². The Bertz CT molecular complexity index is 996. The number of benzene rings is 4. The first-order valence-electron chi connectivity index (χ1n) is 8.88. The van der Waals surface area contributed by atoms with Gasteiger partial charge in [-0.05, 0) is 64.1 Å². The zero-order chi connectivity index (χ0) is 18.6. The van der Waals surface area contributed by atoms with Gasteiger partial charge in [0, 0.05) is 8.95 Å². The van der Waals surface area contributed by atoms with E-state index in [4.69, 9.17) is 0 Å². The molecular formula is C25H18Br2. The summed E-state index contributed by atoms with van der Waals surface area (Å²) in [7, 11) is 0. The molecule has 0 heterocycles. The van der Waals surface area contributed by atoms with Gasteiger partial charge < -0.3 is 0 Å². The van der Waals surface area contributed by atoms with E-state index in [2.05, 4.69) is 129 Å². The molecule has 0 unspecified atom stereocenters.